The van der Waals surface area contributed by atoms with E-state index in [0.29, 0.717) is 5.52 Å². The number of aromatic amines is 1. The molecule has 0 aromatic carbocycles. The number of carbonyl (C=O) groups is 2. The molecule has 5 rings (SSSR count). The molecule has 0 radical (unpaired) electrons. The van der Waals surface area contributed by atoms with Crippen LogP contribution in [0.15, 0.2) is 16.8 Å². The maximum Gasteiger partial charge on any atom is 0.287 e. The van der Waals surface area contributed by atoms with E-state index in [1.807, 2.05) is 0 Å². The lowest BCUT2D eigenvalue weighted by molar-refractivity contribution is -0.136. The van der Waals surface area contributed by atoms with Crippen LogP contribution in [0.2, 0.25) is 0 Å². The molecule has 10 nitrogen and oxygen atoms in total. The van der Waals surface area contributed by atoms with Crippen molar-refractivity contribution in [2.24, 2.45) is 5.92 Å². The number of alkyl halides is 7. The third kappa shape index (κ3) is 6.30. The molecule has 3 aromatic heterocycles. The Kier molecular flexibility index (Phi) is 8.11. The van der Waals surface area contributed by atoms with Crippen molar-refractivity contribution in [3.05, 3.63) is 35.0 Å². The average Bonchev–Trinajstić information content (AvgIpc) is 3.57. The van der Waals surface area contributed by atoms with Gasteiger partial charge in [0.15, 0.2) is 11.3 Å². The topological polar surface area (TPSA) is 139 Å². The van der Waals surface area contributed by atoms with Crippen molar-refractivity contribution >= 4 is 23.0 Å². The Bertz CT molecular complexity index is 1470. The van der Waals surface area contributed by atoms with E-state index >= 15 is 0 Å². The summed E-state index contributed by atoms with van der Waals surface area (Å²) in [6.45, 7) is 1.49. The highest BCUT2D eigenvalue weighted by atomic mass is 19.3. The van der Waals surface area contributed by atoms with E-state index in [0.717, 1.165) is 0 Å². The molecule has 2 fully saturated rings. The highest BCUT2D eigenvalue weighted by molar-refractivity contribution is 5.93. The van der Waals surface area contributed by atoms with Gasteiger partial charge >= 0.3 is 0 Å². The fraction of sp³-hybridized carbons (Fsp3) is 0.615. The summed E-state index contributed by atoms with van der Waals surface area (Å²) in [6.07, 6.45) is -9.74. The van der Waals surface area contributed by atoms with Crippen LogP contribution in [-0.4, -0.2) is 61.6 Å². The summed E-state index contributed by atoms with van der Waals surface area (Å²) in [7, 11) is 0. The normalized spacial score (nSPS) is 21.4. The molecule has 0 spiro atoms. The molecule has 3 heterocycles. The molecule has 43 heavy (non-hydrogen) atoms. The zero-order chi connectivity index (χ0) is 31.2. The molecule has 0 saturated heterocycles. The first-order valence-electron chi connectivity index (χ1n) is 13.7. The summed E-state index contributed by atoms with van der Waals surface area (Å²) < 4.78 is 100. The van der Waals surface area contributed by atoms with Gasteiger partial charge in [-0.15, -0.1) is 0 Å². The van der Waals surface area contributed by atoms with Gasteiger partial charge in [-0.1, -0.05) is 5.16 Å². The predicted molar refractivity (Wildman–Crippen MR) is 134 cm³/mol. The van der Waals surface area contributed by atoms with Crippen LogP contribution < -0.4 is 10.6 Å². The van der Waals surface area contributed by atoms with Gasteiger partial charge in [0.1, 0.15) is 11.5 Å². The minimum atomic E-state index is -3.53. The third-order valence-electron chi connectivity index (χ3n) is 8.30. The van der Waals surface area contributed by atoms with E-state index in [1.54, 1.807) is 5.32 Å². The number of halogens is 7. The Hall–Kier alpha value is -3.79. The maximum absolute atomic E-state index is 14.1. The molecule has 3 aromatic rings. The quantitative estimate of drug-likeness (QED) is 0.236. The van der Waals surface area contributed by atoms with Crippen molar-refractivity contribution < 1.29 is 45.0 Å². The number of nitrogens with one attached hydrogen (secondary N) is 3. The molecule has 2 atom stereocenters. The highest BCUT2D eigenvalue weighted by Crippen LogP contribution is 2.46. The first-order chi connectivity index (χ1) is 20.2. The van der Waals surface area contributed by atoms with Gasteiger partial charge in [0.05, 0.1) is 22.7 Å². The van der Waals surface area contributed by atoms with Crippen molar-refractivity contribution in [2.45, 2.75) is 94.3 Å². The van der Waals surface area contributed by atoms with Gasteiger partial charge in [0.2, 0.25) is 24.0 Å². The van der Waals surface area contributed by atoms with Crippen LogP contribution in [0.25, 0.3) is 11.2 Å². The van der Waals surface area contributed by atoms with Crippen LogP contribution in [0, 0.1) is 12.8 Å². The van der Waals surface area contributed by atoms with Crippen LogP contribution >= 0.6 is 0 Å². The zero-order valence-corrected chi connectivity index (χ0v) is 22.8. The largest absolute Gasteiger partial charge is 0.340 e. The van der Waals surface area contributed by atoms with Crippen LogP contribution in [0.4, 0.5) is 30.7 Å². The molecule has 1 unspecified atom stereocenters. The maximum atomic E-state index is 14.1. The predicted octanol–water partition coefficient (Wildman–Crippen LogP) is 5.07. The monoisotopic (exact) mass is 619 g/mol. The van der Waals surface area contributed by atoms with Crippen molar-refractivity contribution in [1.29, 1.82) is 0 Å². The van der Waals surface area contributed by atoms with Gasteiger partial charge in [-0.05, 0) is 55.8 Å². The Morgan fingerprint density at radius 2 is 1.58 bits per heavy atom. The van der Waals surface area contributed by atoms with Gasteiger partial charge in [-0.25, -0.2) is 45.3 Å². The number of carbonyl (C=O) groups excluding carboxylic acids is 2. The summed E-state index contributed by atoms with van der Waals surface area (Å²) in [6, 6.07) is 1.86. The second-order valence-electron chi connectivity index (χ2n) is 11.2. The number of hydrogen-bond acceptors (Lipinski definition) is 7. The van der Waals surface area contributed by atoms with Crippen LogP contribution in [0.1, 0.15) is 85.1 Å². The number of aromatic nitrogens is 5. The van der Waals surface area contributed by atoms with Crippen LogP contribution in [0.5, 0.6) is 0 Å². The molecular weight excluding hydrogens is 591 g/mol. The second kappa shape index (κ2) is 11.4. The van der Waals surface area contributed by atoms with E-state index in [2.05, 4.69) is 35.2 Å². The number of fused-ring (bicyclic) bond motifs is 1. The molecule has 3 N–H and O–H groups in total. The Morgan fingerprint density at radius 3 is 2.19 bits per heavy atom. The van der Waals surface area contributed by atoms with E-state index in [1.165, 1.54) is 19.1 Å². The standard InChI is InChI=1S/C26H28F7N7O3/c1-12-16(40-43-39-12)22(41)36-17(13-4-6-25(30,31)7-5-13)21-34-14-2-3-15(35-20(14)38-21)24(8-10-26(32,33)11-9-24)23(42)37-19(29)18(27)28/h2-3,13,17-19H,4-11H2,1H3,(H,36,41)(H,37,42)(H,34,35,38)/t17-,19?/m0/s1. The highest BCUT2D eigenvalue weighted by Gasteiger charge is 2.51. The van der Waals surface area contributed by atoms with Gasteiger partial charge in [0.25, 0.3) is 12.3 Å². The van der Waals surface area contributed by atoms with Crippen molar-refractivity contribution in [1.82, 2.24) is 35.9 Å². The minimum absolute atomic E-state index is 0.0117. The Labute approximate surface area is 239 Å². The van der Waals surface area contributed by atoms with Gasteiger partial charge in [-0.3, -0.25) is 9.59 Å². The number of pyridine rings is 1. The summed E-state index contributed by atoms with van der Waals surface area (Å²) in [5, 5.41) is 11.5. The first-order valence-corrected chi connectivity index (χ1v) is 13.7. The fourth-order valence-electron chi connectivity index (χ4n) is 5.75. The Morgan fingerprint density at radius 1 is 0.930 bits per heavy atom. The van der Waals surface area contributed by atoms with Crippen molar-refractivity contribution in [2.75, 3.05) is 0 Å². The first kappa shape index (κ1) is 30.7. The van der Waals surface area contributed by atoms with Gasteiger partial charge < -0.3 is 15.6 Å². The lowest BCUT2D eigenvalue weighted by atomic mass is 9.69. The van der Waals surface area contributed by atoms with Crippen LogP contribution in [0.3, 0.4) is 0 Å². The SMILES string of the molecule is Cc1nonc1C(=O)N[C@H](c1nc2nc(C3(C(=O)NC(F)C(F)F)CCC(F)(F)CC3)ccc2[nH]1)C1CCC(F)(F)CC1. The molecule has 2 aliphatic carbocycles. The number of H-pyrrole nitrogens is 1. The molecule has 2 saturated carbocycles. The number of imidazole rings is 1. The summed E-state index contributed by atoms with van der Waals surface area (Å²) in [5.74, 6) is -8.18. The van der Waals surface area contributed by atoms with E-state index in [-0.39, 0.29) is 41.4 Å². The van der Waals surface area contributed by atoms with Gasteiger partial charge in [-0.2, -0.15) is 0 Å². The van der Waals surface area contributed by atoms with E-state index in [4.69, 9.17) is 0 Å². The number of nitrogens with zero attached hydrogens (tertiary/aromatic N) is 4. The lowest BCUT2D eigenvalue weighted by Gasteiger charge is -2.38. The molecule has 0 aliphatic heterocycles. The van der Waals surface area contributed by atoms with E-state index in [9.17, 15) is 40.3 Å². The Balaban J connectivity index is 1.49. The lowest BCUT2D eigenvalue weighted by Crippen LogP contribution is -2.52. The van der Waals surface area contributed by atoms with Crippen molar-refractivity contribution in [3.8, 4) is 0 Å². The van der Waals surface area contributed by atoms with E-state index < -0.39 is 92.3 Å². The summed E-state index contributed by atoms with van der Waals surface area (Å²) in [5.41, 5.74) is -1.54. The van der Waals surface area contributed by atoms with Gasteiger partial charge in [0, 0.05) is 25.7 Å². The molecule has 2 amide bonds. The molecule has 234 valence electrons. The van der Waals surface area contributed by atoms with Crippen LogP contribution in [-0.2, 0) is 10.2 Å². The van der Waals surface area contributed by atoms with Crippen molar-refractivity contribution in [3.63, 3.8) is 0 Å². The number of hydrogen-bond donors (Lipinski definition) is 3. The minimum Gasteiger partial charge on any atom is -0.340 e. The fourth-order valence-corrected chi connectivity index (χ4v) is 5.75. The average molecular weight is 620 g/mol. The zero-order valence-electron chi connectivity index (χ0n) is 22.8. The molecule has 0 bridgehead atoms. The smallest absolute Gasteiger partial charge is 0.287 e. The summed E-state index contributed by atoms with van der Waals surface area (Å²) >= 11 is 0. The molecule has 2 aliphatic rings. The summed E-state index contributed by atoms with van der Waals surface area (Å²) in [4.78, 5) is 37.9. The third-order valence-corrected chi connectivity index (χ3v) is 8.30. The number of amides is 2. The molecule has 17 heteroatoms. The number of rotatable bonds is 8. The second-order valence-corrected chi connectivity index (χ2v) is 11.2. The number of aryl methyl sites for hydroxylation is 1. The molecular formula is C26H28F7N7O3.